The molecule has 0 saturated carbocycles. The van der Waals surface area contributed by atoms with Crippen molar-refractivity contribution in [3.05, 3.63) is 44.5 Å². The van der Waals surface area contributed by atoms with E-state index in [1.54, 1.807) is 0 Å². The molecule has 0 aliphatic heterocycles. The first-order valence-corrected chi connectivity index (χ1v) is 9.12. The summed E-state index contributed by atoms with van der Waals surface area (Å²) >= 11 is 2.51. The number of benzene rings is 1. The Bertz CT molecular complexity index is 418. The van der Waals surface area contributed by atoms with Crippen molar-refractivity contribution in [1.82, 2.24) is 0 Å². The fourth-order valence-electron chi connectivity index (χ4n) is 2.43. The van der Waals surface area contributed by atoms with Crippen molar-refractivity contribution in [3.8, 4) is 0 Å². The van der Waals surface area contributed by atoms with Crippen molar-refractivity contribution in [3.63, 3.8) is 0 Å². The van der Waals surface area contributed by atoms with Gasteiger partial charge in [0.25, 0.3) is 0 Å². The average molecular weight is 384 g/mol. The van der Waals surface area contributed by atoms with Gasteiger partial charge < -0.3 is 0 Å². The average Bonchev–Trinajstić information content (AvgIpc) is 2.42. The quantitative estimate of drug-likeness (QED) is 0.320. The lowest BCUT2D eigenvalue weighted by Gasteiger charge is -2.07. The van der Waals surface area contributed by atoms with E-state index < -0.39 is 0 Å². The number of halogens is 1. The van der Waals surface area contributed by atoms with Gasteiger partial charge in [-0.3, -0.25) is 0 Å². The summed E-state index contributed by atoms with van der Waals surface area (Å²) in [6.07, 6.45) is 13.1. The van der Waals surface area contributed by atoms with Gasteiger partial charge in [0.1, 0.15) is 0 Å². The second-order valence-electron chi connectivity index (χ2n) is 5.81. The summed E-state index contributed by atoms with van der Waals surface area (Å²) in [4.78, 5) is 0. The Hall–Kier alpha value is -0.310. The third-order valence-electron chi connectivity index (χ3n) is 3.79. The molecule has 0 radical (unpaired) electrons. The van der Waals surface area contributed by atoms with Gasteiger partial charge in [0.2, 0.25) is 0 Å². The van der Waals surface area contributed by atoms with Crippen LogP contribution < -0.4 is 0 Å². The summed E-state index contributed by atoms with van der Waals surface area (Å²) in [5.74, 6) is 0. The maximum Gasteiger partial charge on any atom is 0.00320 e. The summed E-state index contributed by atoms with van der Waals surface area (Å²) in [5.41, 5.74) is 4.26. The minimum absolute atomic E-state index is 1.10. The third-order valence-corrected chi connectivity index (χ3v) is 4.61. The van der Waals surface area contributed by atoms with Crippen LogP contribution in [0.5, 0.6) is 0 Å². The van der Waals surface area contributed by atoms with Crippen molar-refractivity contribution in [2.75, 3.05) is 0 Å². The van der Waals surface area contributed by atoms with Crippen molar-refractivity contribution < 1.29 is 0 Å². The first kappa shape index (κ1) is 17.7. The smallest absolute Gasteiger partial charge is 0.00320 e. The standard InChI is InChI=1S/C19H29I/c1-4-5-6-7-8-9-10-11-19(20)15-18-14-16(2)12-13-17(18)3/h11-14H,4-10,15H2,1-3H3/b19-11-. The summed E-state index contributed by atoms with van der Waals surface area (Å²) in [7, 11) is 0. The zero-order valence-electron chi connectivity index (χ0n) is 13.3. The van der Waals surface area contributed by atoms with Crippen LogP contribution in [0, 0.1) is 13.8 Å². The Labute approximate surface area is 139 Å². The van der Waals surface area contributed by atoms with Crippen LogP contribution >= 0.6 is 22.6 Å². The number of hydrogen-bond acceptors (Lipinski definition) is 0. The van der Waals surface area contributed by atoms with Crippen molar-refractivity contribution in [2.24, 2.45) is 0 Å². The summed E-state index contributed by atoms with van der Waals surface area (Å²) in [6, 6.07) is 6.76. The predicted molar refractivity (Wildman–Crippen MR) is 99.7 cm³/mol. The fraction of sp³-hybridized carbons (Fsp3) is 0.579. The van der Waals surface area contributed by atoms with E-state index in [0.717, 1.165) is 6.42 Å². The molecule has 1 aromatic rings. The molecule has 0 unspecified atom stereocenters. The van der Waals surface area contributed by atoms with Gasteiger partial charge in [-0.15, -0.1) is 0 Å². The molecule has 1 rings (SSSR count). The van der Waals surface area contributed by atoms with Crippen LogP contribution in [0.1, 0.15) is 68.6 Å². The molecule has 0 amide bonds. The molecule has 112 valence electrons. The molecular weight excluding hydrogens is 355 g/mol. The van der Waals surface area contributed by atoms with Gasteiger partial charge in [0, 0.05) is 6.42 Å². The summed E-state index contributed by atoms with van der Waals surface area (Å²) < 4.78 is 1.49. The molecule has 0 spiro atoms. The predicted octanol–water partition coefficient (Wildman–Crippen LogP) is 6.92. The van der Waals surface area contributed by atoms with E-state index >= 15 is 0 Å². The highest BCUT2D eigenvalue weighted by Crippen LogP contribution is 2.20. The van der Waals surface area contributed by atoms with E-state index in [-0.39, 0.29) is 0 Å². The highest BCUT2D eigenvalue weighted by molar-refractivity contribution is 14.1. The van der Waals surface area contributed by atoms with Gasteiger partial charge in [-0.05, 0) is 64.0 Å². The molecule has 1 heteroatoms. The normalized spacial score (nSPS) is 11.9. The Morgan fingerprint density at radius 2 is 1.75 bits per heavy atom. The first-order chi connectivity index (χ1) is 9.63. The molecule has 1 aromatic carbocycles. The van der Waals surface area contributed by atoms with Gasteiger partial charge in [-0.2, -0.15) is 0 Å². The Morgan fingerprint density at radius 3 is 2.50 bits per heavy atom. The van der Waals surface area contributed by atoms with Crippen LogP contribution in [0.25, 0.3) is 0 Å². The second kappa shape index (κ2) is 10.4. The molecule has 0 fully saturated rings. The Kier molecular flexibility index (Phi) is 9.24. The van der Waals surface area contributed by atoms with E-state index in [2.05, 4.69) is 67.6 Å². The van der Waals surface area contributed by atoms with Gasteiger partial charge in [0.05, 0.1) is 0 Å². The Morgan fingerprint density at radius 1 is 1.05 bits per heavy atom. The molecule has 0 heterocycles. The minimum Gasteiger partial charge on any atom is -0.0749 e. The van der Waals surface area contributed by atoms with Gasteiger partial charge in [-0.1, -0.05) is 68.9 Å². The molecule has 0 aliphatic rings. The van der Waals surface area contributed by atoms with Crippen LogP contribution in [-0.2, 0) is 6.42 Å². The maximum atomic E-state index is 2.51. The van der Waals surface area contributed by atoms with E-state index in [0.29, 0.717) is 0 Å². The second-order valence-corrected chi connectivity index (χ2v) is 7.20. The number of allylic oxidation sites excluding steroid dienone is 2. The Balaban J connectivity index is 2.29. The lowest BCUT2D eigenvalue weighted by Crippen LogP contribution is -1.91. The van der Waals surface area contributed by atoms with Crippen LogP contribution in [0.15, 0.2) is 27.9 Å². The molecule has 20 heavy (non-hydrogen) atoms. The van der Waals surface area contributed by atoms with Crippen LogP contribution in [0.4, 0.5) is 0 Å². The molecule has 0 aliphatic carbocycles. The molecular formula is C19H29I. The maximum absolute atomic E-state index is 2.51. The monoisotopic (exact) mass is 384 g/mol. The third kappa shape index (κ3) is 7.47. The van der Waals surface area contributed by atoms with E-state index in [1.165, 1.54) is 65.2 Å². The van der Waals surface area contributed by atoms with E-state index in [4.69, 9.17) is 0 Å². The molecule has 0 aromatic heterocycles. The van der Waals surface area contributed by atoms with E-state index in [1.807, 2.05) is 0 Å². The van der Waals surface area contributed by atoms with Crippen LogP contribution in [0.3, 0.4) is 0 Å². The molecule has 0 N–H and O–H groups in total. The van der Waals surface area contributed by atoms with Crippen LogP contribution in [0.2, 0.25) is 0 Å². The highest BCUT2D eigenvalue weighted by atomic mass is 127. The fourth-order valence-corrected chi connectivity index (χ4v) is 3.15. The SMILES string of the molecule is CCCCCCCC/C=C(\I)Cc1cc(C)ccc1C. The largest absolute Gasteiger partial charge is 0.0749 e. The molecule has 0 atom stereocenters. The van der Waals surface area contributed by atoms with Crippen molar-refractivity contribution in [1.29, 1.82) is 0 Å². The van der Waals surface area contributed by atoms with E-state index in [9.17, 15) is 0 Å². The van der Waals surface area contributed by atoms with Gasteiger partial charge in [-0.25, -0.2) is 0 Å². The number of hydrogen-bond donors (Lipinski definition) is 0. The molecule has 0 nitrogen and oxygen atoms in total. The first-order valence-electron chi connectivity index (χ1n) is 8.04. The topological polar surface area (TPSA) is 0 Å². The van der Waals surface area contributed by atoms with Gasteiger partial charge >= 0.3 is 0 Å². The zero-order valence-corrected chi connectivity index (χ0v) is 15.5. The lowest BCUT2D eigenvalue weighted by molar-refractivity contribution is 0.611. The minimum atomic E-state index is 1.10. The molecule has 0 saturated heterocycles. The molecule has 0 bridgehead atoms. The summed E-state index contributed by atoms with van der Waals surface area (Å²) in [6.45, 7) is 6.67. The summed E-state index contributed by atoms with van der Waals surface area (Å²) in [5, 5.41) is 0. The van der Waals surface area contributed by atoms with Crippen molar-refractivity contribution in [2.45, 2.75) is 72.1 Å². The van der Waals surface area contributed by atoms with Crippen molar-refractivity contribution >= 4 is 22.6 Å². The number of unbranched alkanes of at least 4 members (excludes halogenated alkanes) is 6. The highest BCUT2D eigenvalue weighted by Gasteiger charge is 2.01. The van der Waals surface area contributed by atoms with Crippen LogP contribution in [-0.4, -0.2) is 0 Å². The number of rotatable bonds is 9. The lowest BCUT2D eigenvalue weighted by atomic mass is 10.0. The zero-order chi connectivity index (χ0) is 14.8. The van der Waals surface area contributed by atoms with Gasteiger partial charge in [0.15, 0.2) is 0 Å². The number of aryl methyl sites for hydroxylation is 2.